The van der Waals surface area contributed by atoms with Crippen LogP contribution in [-0.4, -0.2) is 28.9 Å². The zero-order chi connectivity index (χ0) is 19.6. The lowest BCUT2D eigenvalue weighted by Gasteiger charge is -2.13. The minimum Gasteiger partial charge on any atom is -0.364 e. The van der Waals surface area contributed by atoms with Gasteiger partial charge in [-0.05, 0) is 24.3 Å². The number of nitrogens with one attached hydrogen (secondary N) is 1. The third kappa shape index (κ3) is 3.68. The van der Waals surface area contributed by atoms with Crippen molar-refractivity contribution in [2.45, 2.75) is 12.9 Å². The van der Waals surface area contributed by atoms with E-state index >= 15 is 0 Å². The van der Waals surface area contributed by atoms with Crippen molar-refractivity contribution < 1.29 is 27.5 Å². The monoisotopic (exact) mass is 377 g/mol. The van der Waals surface area contributed by atoms with Gasteiger partial charge in [0.1, 0.15) is 6.73 Å². The molecule has 0 saturated carbocycles. The average Bonchev–Trinajstić information content (AvgIpc) is 3.03. The van der Waals surface area contributed by atoms with Crippen LogP contribution in [0.4, 0.5) is 18.9 Å². The van der Waals surface area contributed by atoms with Gasteiger partial charge in [-0.1, -0.05) is 12.1 Å². The van der Waals surface area contributed by atoms with Crippen LogP contribution in [0.25, 0.3) is 11.0 Å². The number of hydrogen-bond acceptors (Lipinski definition) is 4. The van der Waals surface area contributed by atoms with Gasteiger partial charge in [-0.15, -0.1) is 0 Å². The first-order valence-electron chi connectivity index (χ1n) is 7.75. The van der Waals surface area contributed by atoms with Gasteiger partial charge in [0.25, 0.3) is 5.91 Å². The standard InChI is InChI=1S/C18H14F3N3O3/c1-27-10-24-9-22-16-11(8-25)6-12(7-15(16)24)23-17(26)13-4-2-3-5-14(13)18(19,20)21/h2-9H,10H2,1H3,(H,23,26). The van der Waals surface area contributed by atoms with E-state index in [1.165, 1.54) is 37.7 Å². The number of methoxy groups -OCH3 is 1. The summed E-state index contributed by atoms with van der Waals surface area (Å²) in [6, 6.07) is 7.35. The largest absolute Gasteiger partial charge is 0.417 e. The minimum atomic E-state index is -4.66. The number of amides is 1. The van der Waals surface area contributed by atoms with Crippen LogP contribution >= 0.6 is 0 Å². The Kier molecular flexibility index (Phi) is 4.95. The van der Waals surface area contributed by atoms with E-state index < -0.39 is 23.2 Å². The van der Waals surface area contributed by atoms with Crippen molar-refractivity contribution in [2.24, 2.45) is 0 Å². The van der Waals surface area contributed by atoms with Gasteiger partial charge in [0, 0.05) is 18.4 Å². The molecule has 1 heterocycles. The van der Waals surface area contributed by atoms with Crippen molar-refractivity contribution in [3.05, 3.63) is 59.4 Å². The molecule has 0 bridgehead atoms. The van der Waals surface area contributed by atoms with E-state index in [1.54, 1.807) is 4.57 Å². The number of fused-ring (bicyclic) bond motifs is 1. The van der Waals surface area contributed by atoms with Crippen molar-refractivity contribution >= 4 is 28.9 Å². The van der Waals surface area contributed by atoms with Gasteiger partial charge < -0.3 is 14.6 Å². The van der Waals surface area contributed by atoms with Crippen molar-refractivity contribution in [3.8, 4) is 0 Å². The highest BCUT2D eigenvalue weighted by Gasteiger charge is 2.34. The summed E-state index contributed by atoms with van der Waals surface area (Å²) in [7, 11) is 1.48. The SMILES string of the molecule is COCn1cnc2c(C=O)cc(NC(=O)c3ccccc3C(F)(F)F)cc21. The molecule has 27 heavy (non-hydrogen) atoms. The number of halogens is 3. The summed E-state index contributed by atoms with van der Waals surface area (Å²) >= 11 is 0. The summed E-state index contributed by atoms with van der Waals surface area (Å²) in [5.74, 6) is -0.933. The maximum absolute atomic E-state index is 13.1. The van der Waals surface area contributed by atoms with E-state index in [4.69, 9.17) is 4.74 Å². The number of ether oxygens (including phenoxy) is 1. The number of rotatable bonds is 5. The molecular weight excluding hydrogens is 363 g/mol. The summed E-state index contributed by atoms with van der Waals surface area (Å²) in [5.41, 5.74) is -0.283. The molecule has 1 N–H and O–H groups in total. The van der Waals surface area contributed by atoms with Crippen molar-refractivity contribution in [1.82, 2.24) is 9.55 Å². The first-order chi connectivity index (χ1) is 12.8. The normalized spacial score (nSPS) is 11.6. The molecule has 3 aromatic rings. The Morgan fingerprint density at radius 1 is 1.30 bits per heavy atom. The van der Waals surface area contributed by atoms with E-state index in [1.807, 2.05) is 0 Å². The average molecular weight is 377 g/mol. The number of benzene rings is 2. The number of aldehydes is 1. The Bertz CT molecular complexity index is 1010. The zero-order valence-corrected chi connectivity index (χ0v) is 14.1. The lowest BCUT2D eigenvalue weighted by Crippen LogP contribution is -2.18. The number of nitrogens with zero attached hydrogens (tertiary/aromatic N) is 2. The topological polar surface area (TPSA) is 73.2 Å². The highest BCUT2D eigenvalue weighted by molar-refractivity contribution is 6.07. The van der Waals surface area contributed by atoms with Crippen LogP contribution in [0.3, 0.4) is 0 Å². The highest BCUT2D eigenvalue weighted by atomic mass is 19.4. The van der Waals surface area contributed by atoms with Crippen molar-refractivity contribution in [2.75, 3.05) is 12.4 Å². The molecule has 0 fully saturated rings. The molecular formula is C18H14F3N3O3. The molecule has 0 unspecified atom stereocenters. The molecule has 9 heteroatoms. The smallest absolute Gasteiger partial charge is 0.364 e. The second-order valence-electron chi connectivity index (χ2n) is 5.68. The fraction of sp³-hybridized carbons (Fsp3) is 0.167. The maximum Gasteiger partial charge on any atom is 0.417 e. The molecule has 0 atom stereocenters. The fourth-order valence-corrected chi connectivity index (χ4v) is 2.72. The van der Waals surface area contributed by atoms with E-state index in [-0.39, 0.29) is 18.0 Å². The summed E-state index contributed by atoms with van der Waals surface area (Å²) < 4.78 is 46.0. The Morgan fingerprint density at radius 3 is 2.70 bits per heavy atom. The number of carbonyl (C=O) groups is 2. The van der Waals surface area contributed by atoms with Gasteiger partial charge in [-0.2, -0.15) is 13.2 Å². The minimum absolute atomic E-state index is 0.156. The third-order valence-corrected chi connectivity index (χ3v) is 3.89. The highest BCUT2D eigenvalue weighted by Crippen LogP contribution is 2.32. The Morgan fingerprint density at radius 2 is 2.04 bits per heavy atom. The zero-order valence-electron chi connectivity index (χ0n) is 14.1. The molecule has 6 nitrogen and oxygen atoms in total. The lowest BCUT2D eigenvalue weighted by molar-refractivity contribution is -0.137. The van der Waals surface area contributed by atoms with Crippen LogP contribution in [0.5, 0.6) is 0 Å². The number of carbonyl (C=O) groups excluding carboxylic acids is 2. The molecule has 0 saturated heterocycles. The van der Waals surface area contributed by atoms with E-state index in [2.05, 4.69) is 10.3 Å². The van der Waals surface area contributed by atoms with Crippen LogP contribution in [0.1, 0.15) is 26.3 Å². The molecule has 1 amide bonds. The molecule has 1 aromatic heterocycles. The Labute approximate surface area is 151 Å². The van der Waals surface area contributed by atoms with Gasteiger partial charge in [0.2, 0.25) is 0 Å². The molecule has 0 radical (unpaired) electrons. The summed E-state index contributed by atoms with van der Waals surface area (Å²) in [4.78, 5) is 27.9. The Balaban J connectivity index is 2.01. The van der Waals surface area contributed by atoms with Gasteiger partial charge in [-0.3, -0.25) is 9.59 Å². The van der Waals surface area contributed by atoms with E-state index in [0.29, 0.717) is 17.3 Å². The van der Waals surface area contributed by atoms with Crippen molar-refractivity contribution in [3.63, 3.8) is 0 Å². The maximum atomic E-state index is 13.1. The second kappa shape index (κ2) is 7.20. The number of anilines is 1. The van der Waals surface area contributed by atoms with Crippen LogP contribution in [0.2, 0.25) is 0 Å². The first-order valence-corrected chi connectivity index (χ1v) is 7.75. The quantitative estimate of drug-likeness (QED) is 0.688. The van der Waals surface area contributed by atoms with Gasteiger partial charge in [-0.25, -0.2) is 4.98 Å². The molecule has 0 aliphatic heterocycles. The molecule has 0 aliphatic carbocycles. The van der Waals surface area contributed by atoms with Crippen LogP contribution in [-0.2, 0) is 17.6 Å². The molecule has 140 valence electrons. The van der Waals surface area contributed by atoms with Crippen LogP contribution < -0.4 is 5.32 Å². The summed E-state index contributed by atoms with van der Waals surface area (Å²) in [6.45, 7) is 0.156. The van der Waals surface area contributed by atoms with Gasteiger partial charge >= 0.3 is 6.18 Å². The van der Waals surface area contributed by atoms with Crippen LogP contribution in [0, 0.1) is 0 Å². The van der Waals surface area contributed by atoms with E-state index in [0.717, 1.165) is 12.1 Å². The number of imidazole rings is 1. The number of aromatic nitrogens is 2. The van der Waals surface area contributed by atoms with Crippen molar-refractivity contribution in [1.29, 1.82) is 0 Å². The molecule has 0 spiro atoms. The summed E-state index contributed by atoms with van der Waals surface area (Å²) in [6.07, 6.45) is -2.64. The summed E-state index contributed by atoms with van der Waals surface area (Å²) in [5, 5.41) is 2.42. The first kappa shape index (κ1) is 18.6. The molecule has 2 aromatic carbocycles. The lowest BCUT2D eigenvalue weighted by atomic mass is 10.1. The fourth-order valence-electron chi connectivity index (χ4n) is 2.72. The van der Waals surface area contributed by atoms with Gasteiger partial charge in [0.05, 0.1) is 28.5 Å². The second-order valence-corrected chi connectivity index (χ2v) is 5.68. The molecule has 3 rings (SSSR count). The third-order valence-electron chi connectivity index (χ3n) is 3.89. The predicted molar refractivity (Wildman–Crippen MR) is 91.5 cm³/mol. The molecule has 0 aliphatic rings. The van der Waals surface area contributed by atoms with Crippen LogP contribution in [0.15, 0.2) is 42.7 Å². The van der Waals surface area contributed by atoms with E-state index in [9.17, 15) is 22.8 Å². The Hall–Kier alpha value is -3.20. The van der Waals surface area contributed by atoms with Gasteiger partial charge in [0.15, 0.2) is 6.29 Å². The number of alkyl halides is 3. The number of hydrogen-bond donors (Lipinski definition) is 1. The predicted octanol–water partition coefficient (Wildman–Crippen LogP) is 3.72.